The molecular weight excluding hydrogens is 516 g/mol. The molecule has 0 spiro atoms. The molecule has 4 aromatic heterocycles. The van der Waals surface area contributed by atoms with Crippen molar-refractivity contribution in [2.75, 3.05) is 0 Å². The molecule has 0 aliphatic heterocycles. The van der Waals surface area contributed by atoms with Gasteiger partial charge in [-0.05, 0) is 29.0 Å². The van der Waals surface area contributed by atoms with E-state index >= 15 is 0 Å². The highest BCUT2D eigenvalue weighted by Crippen LogP contribution is 2.38. The largest absolute Gasteiger partial charge is 0.354 e. The summed E-state index contributed by atoms with van der Waals surface area (Å²) in [6.07, 6.45) is 0. The van der Waals surface area contributed by atoms with E-state index in [2.05, 4.69) is 82.2 Å². The number of nitrogens with one attached hydrogen (secondary N) is 1. The van der Waals surface area contributed by atoms with E-state index in [1.165, 1.54) is 0 Å². The van der Waals surface area contributed by atoms with Crippen molar-refractivity contribution in [3.8, 4) is 34.3 Å². The molecule has 0 aliphatic rings. The van der Waals surface area contributed by atoms with E-state index < -0.39 is 0 Å². The SMILES string of the molecule is c1ccc(-c2nc(-c3cccc4ccccc34)nc(-c3c4c(cc5nc6ccccc6n35)[nH]c3ccccc34)n2)cc1. The van der Waals surface area contributed by atoms with Crippen LogP contribution in [-0.4, -0.2) is 29.3 Å². The van der Waals surface area contributed by atoms with Crippen LogP contribution in [0.15, 0.2) is 127 Å². The van der Waals surface area contributed by atoms with Crippen LogP contribution < -0.4 is 0 Å². The van der Waals surface area contributed by atoms with Gasteiger partial charge in [0.05, 0.1) is 16.6 Å². The van der Waals surface area contributed by atoms with E-state index in [1.54, 1.807) is 0 Å². The Labute approximate surface area is 240 Å². The lowest BCUT2D eigenvalue weighted by atomic mass is 10.0. The topological polar surface area (TPSA) is 71.8 Å². The van der Waals surface area contributed by atoms with Crippen molar-refractivity contribution < 1.29 is 0 Å². The predicted octanol–water partition coefficient (Wildman–Crippen LogP) is 8.46. The second kappa shape index (κ2) is 8.81. The average Bonchev–Trinajstić information content (AvgIpc) is 3.61. The number of aromatic amines is 1. The first-order chi connectivity index (χ1) is 20.8. The zero-order chi connectivity index (χ0) is 27.6. The van der Waals surface area contributed by atoms with Gasteiger partial charge in [0, 0.05) is 33.5 Å². The lowest BCUT2D eigenvalue weighted by Gasteiger charge is -2.13. The lowest BCUT2D eigenvalue weighted by molar-refractivity contribution is 1.06. The molecule has 196 valence electrons. The fraction of sp³-hybridized carbons (Fsp3) is 0. The van der Waals surface area contributed by atoms with Gasteiger partial charge in [-0.2, -0.15) is 0 Å². The van der Waals surface area contributed by atoms with Gasteiger partial charge in [0.25, 0.3) is 0 Å². The first-order valence-electron chi connectivity index (χ1n) is 13.9. The summed E-state index contributed by atoms with van der Waals surface area (Å²) < 4.78 is 2.19. The number of fused-ring (bicyclic) bond motifs is 7. The summed E-state index contributed by atoms with van der Waals surface area (Å²) >= 11 is 0. The summed E-state index contributed by atoms with van der Waals surface area (Å²) in [5.41, 5.74) is 7.58. The molecule has 6 heteroatoms. The summed E-state index contributed by atoms with van der Waals surface area (Å²) in [6, 6.07) is 43.4. The molecule has 0 saturated carbocycles. The summed E-state index contributed by atoms with van der Waals surface area (Å²) in [4.78, 5) is 24.1. The van der Waals surface area contributed by atoms with Crippen molar-refractivity contribution in [1.82, 2.24) is 29.3 Å². The third kappa shape index (κ3) is 3.39. The van der Waals surface area contributed by atoms with Gasteiger partial charge in [-0.3, -0.25) is 4.40 Å². The van der Waals surface area contributed by atoms with Gasteiger partial charge < -0.3 is 4.98 Å². The van der Waals surface area contributed by atoms with Crippen LogP contribution in [0.4, 0.5) is 0 Å². The normalized spacial score (nSPS) is 11.8. The number of aromatic nitrogens is 6. The number of pyridine rings is 1. The Kier molecular flexibility index (Phi) is 4.80. The quantitative estimate of drug-likeness (QED) is 0.245. The van der Waals surface area contributed by atoms with Crippen molar-refractivity contribution >= 4 is 49.3 Å². The highest BCUT2D eigenvalue weighted by Gasteiger charge is 2.22. The number of rotatable bonds is 3. The smallest absolute Gasteiger partial charge is 0.181 e. The molecule has 0 atom stereocenters. The van der Waals surface area contributed by atoms with Crippen molar-refractivity contribution in [3.63, 3.8) is 0 Å². The van der Waals surface area contributed by atoms with Crippen LogP contribution in [0, 0.1) is 0 Å². The minimum absolute atomic E-state index is 0.593. The van der Waals surface area contributed by atoms with Gasteiger partial charge >= 0.3 is 0 Å². The standard InChI is InChI=1S/C36H22N6/c1-2-12-23(13-3-1)34-39-35(25-17-10-14-22-11-4-5-15-24(22)25)41-36(40-34)33-32-26-16-6-7-18-27(26)37-29(32)21-31-38-28-19-8-9-20-30(28)42(31)33/h1-21,37H. The minimum atomic E-state index is 0.593. The van der Waals surface area contributed by atoms with E-state index in [4.69, 9.17) is 19.9 Å². The Morgan fingerprint density at radius 1 is 0.524 bits per heavy atom. The van der Waals surface area contributed by atoms with Gasteiger partial charge in [-0.15, -0.1) is 0 Å². The van der Waals surface area contributed by atoms with Gasteiger partial charge in [0.15, 0.2) is 17.5 Å². The van der Waals surface area contributed by atoms with E-state index in [0.29, 0.717) is 17.5 Å². The maximum absolute atomic E-state index is 5.24. The maximum Gasteiger partial charge on any atom is 0.181 e. The van der Waals surface area contributed by atoms with E-state index in [-0.39, 0.29) is 0 Å². The van der Waals surface area contributed by atoms with Crippen molar-refractivity contribution in [2.24, 2.45) is 0 Å². The number of imidazole rings is 1. The van der Waals surface area contributed by atoms with Crippen LogP contribution in [-0.2, 0) is 0 Å². The molecule has 9 rings (SSSR count). The molecule has 9 aromatic rings. The Morgan fingerprint density at radius 3 is 2.17 bits per heavy atom. The van der Waals surface area contributed by atoms with Crippen LogP contribution in [0.2, 0.25) is 0 Å². The Bertz CT molecular complexity index is 2380. The molecule has 1 N–H and O–H groups in total. The summed E-state index contributed by atoms with van der Waals surface area (Å²) in [5, 5.41) is 4.39. The minimum Gasteiger partial charge on any atom is -0.354 e. The number of H-pyrrole nitrogens is 1. The molecule has 4 heterocycles. The zero-order valence-electron chi connectivity index (χ0n) is 22.4. The molecule has 0 fully saturated rings. The second-order valence-electron chi connectivity index (χ2n) is 10.4. The fourth-order valence-corrected chi connectivity index (χ4v) is 6.09. The molecular formula is C36H22N6. The van der Waals surface area contributed by atoms with Gasteiger partial charge in [-0.1, -0.05) is 103 Å². The van der Waals surface area contributed by atoms with Crippen molar-refractivity contribution in [2.45, 2.75) is 0 Å². The maximum atomic E-state index is 5.24. The number of nitrogens with zero attached hydrogens (tertiary/aromatic N) is 5. The van der Waals surface area contributed by atoms with Crippen LogP contribution in [0.25, 0.3) is 83.6 Å². The van der Waals surface area contributed by atoms with Gasteiger partial charge in [0.1, 0.15) is 11.3 Å². The van der Waals surface area contributed by atoms with Crippen LogP contribution in [0.3, 0.4) is 0 Å². The summed E-state index contributed by atoms with van der Waals surface area (Å²) in [7, 11) is 0. The Morgan fingerprint density at radius 2 is 1.24 bits per heavy atom. The molecule has 0 amide bonds. The Hall–Kier alpha value is -5.88. The molecule has 0 bridgehead atoms. The lowest BCUT2D eigenvalue weighted by Crippen LogP contribution is -2.04. The summed E-state index contributed by atoms with van der Waals surface area (Å²) in [5.74, 6) is 1.85. The highest BCUT2D eigenvalue weighted by molar-refractivity contribution is 6.14. The van der Waals surface area contributed by atoms with Crippen molar-refractivity contribution in [1.29, 1.82) is 0 Å². The highest BCUT2D eigenvalue weighted by atomic mass is 15.1. The van der Waals surface area contributed by atoms with Crippen LogP contribution >= 0.6 is 0 Å². The third-order valence-corrected chi connectivity index (χ3v) is 7.97. The summed E-state index contributed by atoms with van der Waals surface area (Å²) in [6.45, 7) is 0. The molecule has 0 radical (unpaired) electrons. The first-order valence-corrected chi connectivity index (χ1v) is 13.9. The number of hydrogen-bond acceptors (Lipinski definition) is 4. The van der Waals surface area contributed by atoms with E-state index in [0.717, 1.165) is 66.1 Å². The molecule has 0 saturated heterocycles. The molecule has 6 nitrogen and oxygen atoms in total. The third-order valence-electron chi connectivity index (χ3n) is 7.97. The molecule has 0 unspecified atom stereocenters. The Balaban J connectivity index is 1.46. The second-order valence-corrected chi connectivity index (χ2v) is 10.4. The van der Waals surface area contributed by atoms with E-state index in [1.807, 2.05) is 54.6 Å². The average molecular weight is 539 g/mol. The monoisotopic (exact) mass is 538 g/mol. The van der Waals surface area contributed by atoms with E-state index in [9.17, 15) is 0 Å². The molecule has 42 heavy (non-hydrogen) atoms. The molecule has 0 aliphatic carbocycles. The molecule has 5 aromatic carbocycles. The van der Waals surface area contributed by atoms with Crippen LogP contribution in [0.1, 0.15) is 0 Å². The fourth-order valence-electron chi connectivity index (χ4n) is 6.09. The van der Waals surface area contributed by atoms with Gasteiger partial charge in [-0.25, -0.2) is 19.9 Å². The number of hydrogen-bond donors (Lipinski definition) is 1. The first kappa shape index (κ1) is 22.9. The van der Waals surface area contributed by atoms with Crippen molar-refractivity contribution in [3.05, 3.63) is 127 Å². The zero-order valence-corrected chi connectivity index (χ0v) is 22.4. The number of para-hydroxylation sites is 3. The number of benzene rings is 5. The predicted molar refractivity (Wildman–Crippen MR) is 169 cm³/mol. The van der Waals surface area contributed by atoms with Crippen LogP contribution in [0.5, 0.6) is 0 Å². The van der Waals surface area contributed by atoms with Gasteiger partial charge in [0.2, 0.25) is 0 Å².